The molecule has 7 heteroatoms. The number of aliphatic hydroxyl groups excluding tert-OH is 4. The van der Waals surface area contributed by atoms with Gasteiger partial charge in [-0.1, -0.05) is 91.0 Å². The number of hydrogen-bond donors (Lipinski definition) is 5. The van der Waals surface area contributed by atoms with Gasteiger partial charge in [0.2, 0.25) is 5.91 Å². The zero-order valence-corrected chi connectivity index (χ0v) is 21.6. The minimum Gasteiger partial charge on any atom is -0.395 e. The summed E-state index contributed by atoms with van der Waals surface area (Å²) in [5.41, 5.74) is 2.49. The fourth-order valence-electron chi connectivity index (χ4n) is 5.58. The molecule has 0 radical (unpaired) electrons. The molecule has 1 saturated heterocycles. The lowest BCUT2D eigenvalue weighted by Crippen LogP contribution is -2.62. The Kier molecular flexibility index (Phi) is 9.66. The van der Waals surface area contributed by atoms with Crippen molar-refractivity contribution >= 4 is 5.91 Å². The summed E-state index contributed by atoms with van der Waals surface area (Å²) in [6.07, 6.45) is -1.88. The third-order valence-corrected chi connectivity index (χ3v) is 7.64. The van der Waals surface area contributed by atoms with Gasteiger partial charge in [-0.25, -0.2) is 0 Å². The van der Waals surface area contributed by atoms with Gasteiger partial charge in [0.25, 0.3) is 0 Å². The van der Waals surface area contributed by atoms with Crippen molar-refractivity contribution < 1.29 is 25.2 Å². The van der Waals surface area contributed by atoms with E-state index in [-0.39, 0.29) is 25.5 Å². The molecule has 1 aliphatic heterocycles. The first-order valence-corrected chi connectivity index (χ1v) is 13.3. The summed E-state index contributed by atoms with van der Waals surface area (Å²) in [5.74, 6) is -0.0540. The second kappa shape index (κ2) is 13.1. The first kappa shape index (κ1) is 28.0. The van der Waals surface area contributed by atoms with Gasteiger partial charge in [-0.2, -0.15) is 0 Å². The Morgan fingerprint density at radius 2 is 1.29 bits per heavy atom. The molecule has 38 heavy (non-hydrogen) atoms. The van der Waals surface area contributed by atoms with Crippen LogP contribution in [0.25, 0.3) is 0 Å². The summed E-state index contributed by atoms with van der Waals surface area (Å²) in [6.45, 7) is 0.897. The molecule has 3 aromatic rings. The average molecular weight is 519 g/mol. The van der Waals surface area contributed by atoms with Gasteiger partial charge in [0.15, 0.2) is 0 Å². The number of amides is 1. The number of β-amino-alcohol motifs (C(OH)–C–C–N with tert-alkyl or cyclic N) is 1. The van der Waals surface area contributed by atoms with E-state index in [2.05, 4.69) is 41.7 Å². The van der Waals surface area contributed by atoms with Crippen LogP contribution in [-0.2, 0) is 10.2 Å². The number of unbranched alkanes of at least 4 members (excludes halogenated alkanes) is 1. The molecule has 0 spiro atoms. The molecule has 0 unspecified atom stereocenters. The second-order valence-electron chi connectivity index (χ2n) is 10.0. The fraction of sp³-hybridized carbons (Fsp3) is 0.387. The Labute approximate surface area is 224 Å². The normalized spacial score (nSPS) is 22.2. The predicted molar refractivity (Wildman–Crippen MR) is 147 cm³/mol. The van der Waals surface area contributed by atoms with Crippen molar-refractivity contribution in [1.82, 2.24) is 10.2 Å². The van der Waals surface area contributed by atoms with Gasteiger partial charge < -0.3 is 25.7 Å². The van der Waals surface area contributed by atoms with E-state index in [0.717, 1.165) is 16.7 Å². The van der Waals surface area contributed by atoms with Crippen LogP contribution in [0, 0.1) is 0 Å². The maximum absolute atomic E-state index is 13.4. The standard InChI is InChI=1S/C31H38N2O5/c34-22-26-29(37)30(38)27(35)21-33(26)19-11-10-18-32-28(36)20-31(23-12-4-1-5-13-23,24-14-6-2-7-15-24)25-16-8-3-9-17-25/h1-9,12-17,26-27,29-30,34-35,37-38H,10-11,18-22H2,(H,32,36)/t26-,27+,29-,30-/m1/s1. The van der Waals surface area contributed by atoms with Crippen LogP contribution in [0.5, 0.6) is 0 Å². The highest BCUT2D eigenvalue weighted by atomic mass is 16.4. The van der Waals surface area contributed by atoms with Gasteiger partial charge >= 0.3 is 0 Å². The summed E-state index contributed by atoms with van der Waals surface area (Å²) in [5, 5.41) is 42.8. The number of carbonyl (C=O) groups excluding carboxylic acids is 1. The third-order valence-electron chi connectivity index (χ3n) is 7.64. The van der Waals surface area contributed by atoms with Crippen LogP contribution >= 0.6 is 0 Å². The number of rotatable bonds is 11. The van der Waals surface area contributed by atoms with E-state index in [4.69, 9.17) is 0 Å². The average Bonchev–Trinajstić information content (AvgIpc) is 2.96. The third kappa shape index (κ3) is 6.14. The van der Waals surface area contributed by atoms with Crippen LogP contribution in [-0.4, -0.2) is 81.8 Å². The van der Waals surface area contributed by atoms with Crippen molar-refractivity contribution in [3.8, 4) is 0 Å². The number of piperidine rings is 1. The summed E-state index contributed by atoms with van der Waals surface area (Å²) in [6, 6.07) is 29.8. The summed E-state index contributed by atoms with van der Waals surface area (Å²) in [7, 11) is 0. The highest BCUT2D eigenvalue weighted by Crippen LogP contribution is 2.42. The maximum Gasteiger partial charge on any atom is 0.221 e. The first-order valence-electron chi connectivity index (χ1n) is 13.3. The Hall–Kier alpha value is -3.07. The Morgan fingerprint density at radius 3 is 1.76 bits per heavy atom. The Balaban J connectivity index is 1.43. The summed E-state index contributed by atoms with van der Waals surface area (Å²) >= 11 is 0. The van der Waals surface area contributed by atoms with Crippen molar-refractivity contribution in [2.75, 3.05) is 26.2 Å². The SMILES string of the molecule is O=C(CC(c1ccccc1)(c1ccccc1)c1ccccc1)NCCCCN1C[C@H](O)[C@@H](O)[C@H](O)[C@H]1CO. The molecule has 4 atom stereocenters. The van der Waals surface area contributed by atoms with Crippen molar-refractivity contribution in [2.45, 2.75) is 49.0 Å². The molecule has 1 amide bonds. The van der Waals surface area contributed by atoms with E-state index in [1.54, 1.807) is 4.90 Å². The van der Waals surface area contributed by atoms with Crippen LogP contribution in [0.1, 0.15) is 36.0 Å². The molecule has 3 aromatic carbocycles. The van der Waals surface area contributed by atoms with Crippen LogP contribution in [0.15, 0.2) is 91.0 Å². The van der Waals surface area contributed by atoms with Gasteiger partial charge in [0, 0.05) is 19.5 Å². The van der Waals surface area contributed by atoms with E-state index < -0.39 is 29.8 Å². The van der Waals surface area contributed by atoms with E-state index >= 15 is 0 Å². The Bertz CT molecular complexity index is 1030. The van der Waals surface area contributed by atoms with Gasteiger partial charge in [-0.15, -0.1) is 0 Å². The van der Waals surface area contributed by atoms with Crippen molar-refractivity contribution in [1.29, 1.82) is 0 Å². The highest BCUT2D eigenvalue weighted by molar-refractivity contribution is 5.80. The molecule has 1 heterocycles. The number of benzene rings is 3. The molecule has 7 nitrogen and oxygen atoms in total. The number of aliphatic hydroxyl groups is 4. The van der Waals surface area contributed by atoms with Gasteiger partial charge in [-0.3, -0.25) is 9.69 Å². The monoisotopic (exact) mass is 518 g/mol. The lowest BCUT2D eigenvalue weighted by molar-refractivity contribution is -0.145. The highest BCUT2D eigenvalue weighted by Gasteiger charge is 2.41. The topological polar surface area (TPSA) is 113 Å². The van der Waals surface area contributed by atoms with Gasteiger partial charge in [0.1, 0.15) is 12.2 Å². The Morgan fingerprint density at radius 1 is 0.789 bits per heavy atom. The largest absolute Gasteiger partial charge is 0.395 e. The molecule has 1 fully saturated rings. The van der Waals surface area contributed by atoms with E-state index in [1.165, 1.54) is 0 Å². The lowest BCUT2D eigenvalue weighted by Gasteiger charge is -2.43. The lowest BCUT2D eigenvalue weighted by atomic mass is 9.67. The number of nitrogens with zero attached hydrogens (tertiary/aromatic N) is 1. The minimum atomic E-state index is -1.26. The fourth-order valence-corrected chi connectivity index (χ4v) is 5.58. The number of nitrogens with one attached hydrogen (secondary N) is 1. The molecule has 202 valence electrons. The molecular weight excluding hydrogens is 480 g/mol. The van der Waals surface area contributed by atoms with E-state index in [9.17, 15) is 25.2 Å². The van der Waals surface area contributed by atoms with Gasteiger partial charge in [0.05, 0.1) is 24.2 Å². The molecule has 4 rings (SSSR count). The zero-order valence-electron chi connectivity index (χ0n) is 21.6. The number of likely N-dealkylation sites (tertiary alicyclic amines) is 1. The van der Waals surface area contributed by atoms with Gasteiger partial charge in [-0.05, 0) is 36.1 Å². The van der Waals surface area contributed by atoms with Crippen molar-refractivity contribution in [2.24, 2.45) is 0 Å². The quantitative estimate of drug-likeness (QED) is 0.196. The molecule has 5 N–H and O–H groups in total. The van der Waals surface area contributed by atoms with Crippen molar-refractivity contribution in [3.63, 3.8) is 0 Å². The molecule has 0 aliphatic carbocycles. The van der Waals surface area contributed by atoms with Crippen LogP contribution in [0.2, 0.25) is 0 Å². The molecular formula is C31H38N2O5. The predicted octanol–water partition coefficient (Wildman–Crippen LogP) is 2.07. The first-order chi connectivity index (χ1) is 18.5. The maximum atomic E-state index is 13.4. The summed E-state index contributed by atoms with van der Waals surface area (Å²) < 4.78 is 0. The minimum absolute atomic E-state index is 0.0540. The van der Waals surface area contributed by atoms with Crippen molar-refractivity contribution in [3.05, 3.63) is 108 Å². The number of carbonyl (C=O) groups is 1. The van der Waals surface area contributed by atoms with Crippen LogP contribution in [0.3, 0.4) is 0 Å². The molecule has 0 bridgehead atoms. The molecule has 0 aromatic heterocycles. The molecule has 0 saturated carbocycles. The van der Waals surface area contributed by atoms with Crippen LogP contribution < -0.4 is 5.32 Å². The van der Waals surface area contributed by atoms with E-state index in [1.807, 2.05) is 54.6 Å². The zero-order chi connectivity index (χ0) is 27.0. The van der Waals surface area contributed by atoms with E-state index in [0.29, 0.717) is 25.9 Å². The number of hydrogen-bond acceptors (Lipinski definition) is 6. The smallest absolute Gasteiger partial charge is 0.221 e. The summed E-state index contributed by atoms with van der Waals surface area (Å²) in [4.78, 5) is 15.2. The van der Waals surface area contributed by atoms with Crippen LogP contribution in [0.4, 0.5) is 0 Å². The molecule has 1 aliphatic rings. The second-order valence-corrected chi connectivity index (χ2v) is 10.0.